The van der Waals surface area contributed by atoms with Crippen LogP contribution in [0.4, 0.5) is 4.39 Å². The first-order valence-corrected chi connectivity index (χ1v) is 10.1. The highest BCUT2D eigenvalue weighted by Gasteiger charge is 2.06. The van der Waals surface area contributed by atoms with Crippen LogP contribution in [0.15, 0.2) is 42.5 Å². The lowest BCUT2D eigenvalue weighted by Gasteiger charge is -2.07. The zero-order valence-corrected chi connectivity index (χ0v) is 16.0. The third-order valence-corrected chi connectivity index (χ3v) is 5.03. The summed E-state index contributed by atoms with van der Waals surface area (Å²) in [5.74, 6) is -0.116. The first-order valence-electron chi connectivity index (χ1n) is 10.1. The van der Waals surface area contributed by atoms with Gasteiger partial charge in [-0.2, -0.15) is 0 Å². The van der Waals surface area contributed by atoms with Crippen LogP contribution in [0, 0.1) is 5.82 Å². The summed E-state index contributed by atoms with van der Waals surface area (Å²) in [5, 5.41) is 0. The van der Waals surface area contributed by atoms with Gasteiger partial charge in [-0.3, -0.25) is 0 Å². The molecule has 0 amide bonds. The molecule has 0 heterocycles. The number of unbranched alkanes of at least 4 members (excludes halogenated alkanes) is 7. The van der Waals surface area contributed by atoms with Crippen LogP contribution in [0.1, 0.15) is 76.3 Å². The molecule has 0 N–H and O–H groups in total. The lowest BCUT2D eigenvalue weighted by atomic mass is 9.99. The van der Waals surface area contributed by atoms with Gasteiger partial charge in [0.1, 0.15) is 5.82 Å². The predicted octanol–water partition coefficient (Wildman–Crippen LogP) is 7.74. The summed E-state index contributed by atoms with van der Waals surface area (Å²) in [5.41, 5.74) is 4.09. The maximum atomic E-state index is 14.2. The SMILES string of the molecule is CCCCCCCCCCc1ccc(-c2ccc(CC)cc2F)cc1. The molecule has 2 aromatic carbocycles. The highest BCUT2D eigenvalue weighted by molar-refractivity contribution is 5.64. The van der Waals surface area contributed by atoms with E-state index in [1.807, 2.05) is 12.1 Å². The minimum atomic E-state index is -0.116. The molecule has 0 aromatic heterocycles. The van der Waals surface area contributed by atoms with E-state index < -0.39 is 0 Å². The quantitative estimate of drug-likeness (QED) is 0.367. The number of benzene rings is 2. The normalized spacial score (nSPS) is 11.0. The molecule has 0 fully saturated rings. The largest absolute Gasteiger partial charge is 0.206 e. The molecule has 0 nitrogen and oxygen atoms in total. The number of halogens is 1. The van der Waals surface area contributed by atoms with Crippen molar-refractivity contribution in [3.63, 3.8) is 0 Å². The zero-order chi connectivity index (χ0) is 17.9. The van der Waals surface area contributed by atoms with Crippen LogP contribution >= 0.6 is 0 Å². The van der Waals surface area contributed by atoms with Gasteiger partial charge in [-0.1, -0.05) is 95.2 Å². The van der Waals surface area contributed by atoms with E-state index >= 15 is 0 Å². The Morgan fingerprint density at radius 3 is 1.88 bits per heavy atom. The van der Waals surface area contributed by atoms with Gasteiger partial charge in [-0.15, -0.1) is 0 Å². The van der Waals surface area contributed by atoms with Crippen molar-refractivity contribution < 1.29 is 4.39 Å². The van der Waals surface area contributed by atoms with Crippen LogP contribution in [-0.4, -0.2) is 0 Å². The van der Waals surface area contributed by atoms with Crippen LogP contribution in [0.25, 0.3) is 11.1 Å². The molecular weight excluding hydrogens is 307 g/mol. The van der Waals surface area contributed by atoms with Crippen molar-refractivity contribution in [2.75, 3.05) is 0 Å². The fraction of sp³-hybridized carbons (Fsp3) is 0.500. The third kappa shape index (κ3) is 6.65. The Kier molecular flexibility index (Phi) is 8.72. The minimum absolute atomic E-state index is 0.116. The van der Waals surface area contributed by atoms with Gasteiger partial charge in [0, 0.05) is 5.56 Å². The maximum Gasteiger partial charge on any atom is 0.131 e. The molecule has 0 saturated carbocycles. The molecule has 25 heavy (non-hydrogen) atoms. The number of rotatable bonds is 11. The molecule has 2 rings (SSSR count). The van der Waals surface area contributed by atoms with Gasteiger partial charge < -0.3 is 0 Å². The van der Waals surface area contributed by atoms with Crippen LogP contribution in [0.5, 0.6) is 0 Å². The van der Waals surface area contributed by atoms with Gasteiger partial charge in [0.2, 0.25) is 0 Å². The van der Waals surface area contributed by atoms with Crippen molar-refractivity contribution in [3.8, 4) is 11.1 Å². The number of aryl methyl sites for hydroxylation is 2. The van der Waals surface area contributed by atoms with Crippen LogP contribution in [0.2, 0.25) is 0 Å². The van der Waals surface area contributed by atoms with E-state index in [-0.39, 0.29) is 5.82 Å². The van der Waals surface area contributed by atoms with E-state index in [0.29, 0.717) is 5.56 Å². The van der Waals surface area contributed by atoms with Crippen molar-refractivity contribution in [2.45, 2.75) is 78.1 Å². The van der Waals surface area contributed by atoms with Gasteiger partial charge >= 0.3 is 0 Å². The van der Waals surface area contributed by atoms with Crippen molar-refractivity contribution >= 4 is 0 Å². The van der Waals surface area contributed by atoms with Crippen molar-refractivity contribution in [1.82, 2.24) is 0 Å². The fourth-order valence-corrected chi connectivity index (χ4v) is 3.33. The summed E-state index contributed by atoms with van der Waals surface area (Å²) >= 11 is 0. The Labute approximate surface area is 153 Å². The number of hydrogen-bond donors (Lipinski definition) is 0. The molecule has 0 aliphatic carbocycles. The van der Waals surface area contributed by atoms with Gasteiger partial charge in [0.15, 0.2) is 0 Å². The van der Waals surface area contributed by atoms with Crippen LogP contribution < -0.4 is 0 Å². The summed E-state index contributed by atoms with van der Waals surface area (Å²) in [7, 11) is 0. The Balaban J connectivity index is 1.76. The summed E-state index contributed by atoms with van der Waals surface area (Å²) < 4.78 is 14.2. The number of hydrogen-bond acceptors (Lipinski definition) is 0. The minimum Gasteiger partial charge on any atom is -0.206 e. The Hall–Kier alpha value is -1.63. The second kappa shape index (κ2) is 11.1. The maximum absolute atomic E-state index is 14.2. The summed E-state index contributed by atoms with van der Waals surface area (Å²) in [6.07, 6.45) is 12.8. The smallest absolute Gasteiger partial charge is 0.131 e. The standard InChI is InChI=1S/C24H33F/c1-3-5-6-7-8-9-10-11-12-21-13-16-22(17-14-21)23-18-15-20(4-2)19-24(23)25/h13-19H,3-12H2,1-2H3. The Bertz CT molecular complexity index is 612. The monoisotopic (exact) mass is 340 g/mol. The lowest BCUT2D eigenvalue weighted by molar-refractivity contribution is 0.575. The third-order valence-electron chi connectivity index (χ3n) is 5.03. The van der Waals surface area contributed by atoms with Crippen molar-refractivity contribution in [1.29, 1.82) is 0 Å². The van der Waals surface area contributed by atoms with Crippen molar-refractivity contribution in [2.24, 2.45) is 0 Å². The molecule has 0 atom stereocenters. The summed E-state index contributed by atoms with van der Waals surface area (Å²) in [4.78, 5) is 0. The predicted molar refractivity (Wildman–Crippen MR) is 108 cm³/mol. The molecule has 136 valence electrons. The first-order chi connectivity index (χ1) is 12.2. The Morgan fingerprint density at radius 1 is 0.680 bits per heavy atom. The van der Waals surface area contributed by atoms with Crippen LogP contribution in [0.3, 0.4) is 0 Å². The average Bonchev–Trinajstić information content (AvgIpc) is 2.64. The molecule has 0 aliphatic heterocycles. The summed E-state index contributed by atoms with van der Waals surface area (Å²) in [6.45, 7) is 4.31. The second-order valence-electron chi connectivity index (χ2n) is 7.09. The molecule has 0 saturated heterocycles. The lowest BCUT2D eigenvalue weighted by Crippen LogP contribution is -1.90. The zero-order valence-electron chi connectivity index (χ0n) is 16.0. The van der Waals surface area contributed by atoms with E-state index in [2.05, 4.69) is 38.1 Å². The van der Waals surface area contributed by atoms with Gasteiger partial charge in [-0.05, 0) is 42.0 Å². The molecular formula is C24H33F. The topological polar surface area (TPSA) is 0 Å². The molecule has 2 aromatic rings. The van der Waals surface area contributed by atoms with E-state index in [1.54, 1.807) is 6.07 Å². The molecule has 1 heteroatoms. The first kappa shape index (κ1) is 19.7. The van der Waals surface area contributed by atoms with Gasteiger partial charge in [0.25, 0.3) is 0 Å². The van der Waals surface area contributed by atoms with E-state index in [9.17, 15) is 4.39 Å². The summed E-state index contributed by atoms with van der Waals surface area (Å²) in [6, 6.07) is 14.0. The average molecular weight is 341 g/mol. The van der Waals surface area contributed by atoms with Gasteiger partial charge in [-0.25, -0.2) is 4.39 Å². The molecule has 0 aliphatic rings. The molecule has 0 spiro atoms. The van der Waals surface area contributed by atoms with Crippen LogP contribution in [-0.2, 0) is 12.8 Å². The van der Waals surface area contributed by atoms with E-state index in [4.69, 9.17) is 0 Å². The molecule has 0 bridgehead atoms. The highest BCUT2D eigenvalue weighted by atomic mass is 19.1. The van der Waals surface area contributed by atoms with Crippen molar-refractivity contribution in [3.05, 3.63) is 59.4 Å². The fourth-order valence-electron chi connectivity index (χ4n) is 3.33. The second-order valence-corrected chi connectivity index (χ2v) is 7.09. The van der Waals surface area contributed by atoms with E-state index in [0.717, 1.165) is 24.0 Å². The highest BCUT2D eigenvalue weighted by Crippen LogP contribution is 2.24. The Morgan fingerprint density at radius 2 is 1.28 bits per heavy atom. The van der Waals surface area contributed by atoms with Gasteiger partial charge in [0.05, 0.1) is 0 Å². The van der Waals surface area contributed by atoms with E-state index in [1.165, 1.54) is 56.9 Å². The molecule has 0 unspecified atom stereocenters. The molecule has 0 radical (unpaired) electrons.